The molecule has 2 spiro atoms. The van der Waals surface area contributed by atoms with Gasteiger partial charge in [-0.3, -0.25) is 4.79 Å². The molecule has 0 aromatic carbocycles. The molecule has 2 N–H and O–H groups in total. The molecule has 0 amide bonds. The van der Waals surface area contributed by atoms with Gasteiger partial charge in [-0.05, 0) is 79.6 Å². The molecule has 4 bridgehead atoms. The molecule has 2 heterocycles. The SMILES string of the molecule is C=C1C(=O)[C@]23CC[C@H]1CC2[C@]12CCCC(C[C@@H](C)C1C[C@H]3O)NC2. The van der Waals surface area contributed by atoms with Gasteiger partial charge in [0.05, 0.1) is 11.5 Å². The van der Waals surface area contributed by atoms with E-state index in [1.165, 1.54) is 25.7 Å². The van der Waals surface area contributed by atoms with Crippen molar-refractivity contribution in [3.05, 3.63) is 12.2 Å². The summed E-state index contributed by atoms with van der Waals surface area (Å²) in [5, 5.41) is 15.1. The number of nitrogens with one attached hydrogen (secondary N) is 1. The Morgan fingerprint density at radius 1 is 1.21 bits per heavy atom. The molecular weight excluding hydrogens is 298 g/mol. The number of carbonyl (C=O) groups excluding carboxylic acids is 1. The highest BCUT2D eigenvalue weighted by Crippen LogP contribution is 2.69. The molecule has 6 rings (SSSR count). The molecule has 3 unspecified atom stereocenters. The van der Waals surface area contributed by atoms with Crippen molar-refractivity contribution in [3.63, 3.8) is 0 Å². The molecule has 3 nitrogen and oxygen atoms in total. The lowest BCUT2D eigenvalue weighted by Crippen LogP contribution is -2.68. The normalized spacial score (nSPS) is 56.4. The Morgan fingerprint density at radius 3 is 2.88 bits per heavy atom. The van der Waals surface area contributed by atoms with Crippen molar-refractivity contribution in [1.29, 1.82) is 0 Å². The molecule has 0 aromatic heterocycles. The van der Waals surface area contributed by atoms with Crippen LogP contribution in [0.5, 0.6) is 0 Å². The first-order valence-corrected chi connectivity index (χ1v) is 10.1. The van der Waals surface area contributed by atoms with Crippen LogP contribution in [0.25, 0.3) is 0 Å². The van der Waals surface area contributed by atoms with Crippen LogP contribution >= 0.6 is 0 Å². The molecule has 4 saturated carbocycles. The number of ketones is 1. The molecule has 2 saturated heterocycles. The van der Waals surface area contributed by atoms with E-state index in [9.17, 15) is 9.90 Å². The number of aliphatic hydroxyl groups is 1. The van der Waals surface area contributed by atoms with Crippen LogP contribution < -0.4 is 5.32 Å². The van der Waals surface area contributed by atoms with Crippen molar-refractivity contribution in [2.45, 2.75) is 70.4 Å². The van der Waals surface area contributed by atoms with Crippen LogP contribution in [0.15, 0.2) is 12.2 Å². The Balaban J connectivity index is 1.67. The summed E-state index contributed by atoms with van der Waals surface area (Å²) in [6, 6.07) is 0.643. The van der Waals surface area contributed by atoms with E-state index < -0.39 is 11.5 Å². The Labute approximate surface area is 145 Å². The minimum absolute atomic E-state index is 0.221. The van der Waals surface area contributed by atoms with E-state index >= 15 is 0 Å². The molecule has 6 fully saturated rings. The average Bonchev–Trinajstić information content (AvgIpc) is 2.85. The van der Waals surface area contributed by atoms with Gasteiger partial charge in [-0.25, -0.2) is 0 Å². The van der Waals surface area contributed by atoms with Crippen molar-refractivity contribution in [2.24, 2.45) is 34.5 Å². The molecule has 0 aromatic rings. The number of hydrogen-bond donors (Lipinski definition) is 2. The van der Waals surface area contributed by atoms with Crippen LogP contribution in [0.2, 0.25) is 0 Å². The fraction of sp³-hybridized carbons (Fsp3) is 0.857. The highest BCUT2D eigenvalue weighted by Gasteiger charge is 2.69. The van der Waals surface area contributed by atoms with Crippen LogP contribution in [0, 0.1) is 34.5 Å². The first-order valence-electron chi connectivity index (χ1n) is 10.1. The summed E-state index contributed by atoms with van der Waals surface area (Å²) in [5.41, 5.74) is 0.542. The monoisotopic (exact) mass is 329 g/mol. The fourth-order valence-corrected chi connectivity index (χ4v) is 7.94. The molecular formula is C21H31NO2. The average molecular weight is 329 g/mol. The standard InChI is InChI=1S/C21H31NO2/c1-12-8-15-4-3-6-20(11-22-15)16(12)10-18(23)21-7-5-14(9-17(20)21)13(2)19(21)24/h12,14-18,22-23H,2-11H2,1H3/t12-,14+,15?,16?,17?,18-,20+,21-/m1/s1. The molecule has 0 radical (unpaired) electrons. The van der Waals surface area contributed by atoms with Gasteiger partial charge in [-0.15, -0.1) is 0 Å². The van der Waals surface area contributed by atoms with E-state index in [1.54, 1.807) is 0 Å². The molecule has 3 heteroatoms. The number of carbonyl (C=O) groups is 1. The lowest BCUT2D eigenvalue weighted by molar-refractivity contribution is -0.198. The topological polar surface area (TPSA) is 49.3 Å². The van der Waals surface area contributed by atoms with Crippen molar-refractivity contribution in [2.75, 3.05) is 6.54 Å². The van der Waals surface area contributed by atoms with Crippen LogP contribution in [0.1, 0.15) is 58.3 Å². The third-order valence-electron chi connectivity index (χ3n) is 9.02. The minimum Gasteiger partial charge on any atom is -0.392 e. The molecule has 24 heavy (non-hydrogen) atoms. The van der Waals surface area contributed by atoms with Crippen molar-refractivity contribution in [3.8, 4) is 0 Å². The van der Waals surface area contributed by atoms with Gasteiger partial charge in [-0.2, -0.15) is 0 Å². The Morgan fingerprint density at radius 2 is 2.04 bits per heavy atom. The van der Waals surface area contributed by atoms with Gasteiger partial charge in [0, 0.05) is 12.6 Å². The zero-order valence-electron chi connectivity index (χ0n) is 14.9. The summed E-state index contributed by atoms with van der Waals surface area (Å²) in [6.07, 6.45) is 8.48. The largest absolute Gasteiger partial charge is 0.392 e. The number of Topliss-reactive ketones (excluding diaryl/α,β-unsaturated/α-hetero) is 1. The van der Waals surface area contributed by atoms with Crippen LogP contribution in [0.4, 0.5) is 0 Å². The van der Waals surface area contributed by atoms with E-state index in [-0.39, 0.29) is 11.2 Å². The van der Waals surface area contributed by atoms with Crippen LogP contribution in [-0.4, -0.2) is 29.6 Å². The van der Waals surface area contributed by atoms with Gasteiger partial charge < -0.3 is 10.4 Å². The Kier molecular flexibility index (Phi) is 3.21. The Hall–Kier alpha value is -0.670. The fourth-order valence-electron chi connectivity index (χ4n) is 7.94. The van der Waals surface area contributed by atoms with E-state index in [0.29, 0.717) is 29.7 Å². The first kappa shape index (κ1) is 15.6. The van der Waals surface area contributed by atoms with Gasteiger partial charge >= 0.3 is 0 Å². The maximum Gasteiger partial charge on any atom is 0.167 e. The second-order valence-corrected chi connectivity index (χ2v) is 9.69. The van der Waals surface area contributed by atoms with E-state index in [0.717, 1.165) is 37.8 Å². The number of allylic oxidation sites excluding steroid dienone is 1. The van der Waals surface area contributed by atoms with Crippen LogP contribution in [-0.2, 0) is 4.79 Å². The first-order chi connectivity index (χ1) is 11.5. The lowest BCUT2D eigenvalue weighted by Gasteiger charge is -2.66. The summed E-state index contributed by atoms with van der Waals surface area (Å²) < 4.78 is 0. The second kappa shape index (κ2) is 4.94. The summed E-state index contributed by atoms with van der Waals surface area (Å²) in [6.45, 7) is 7.60. The van der Waals surface area contributed by atoms with E-state index in [4.69, 9.17) is 0 Å². The maximum atomic E-state index is 13.3. The molecule has 8 atom stereocenters. The third kappa shape index (κ3) is 1.69. The van der Waals surface area contributed by atoms with Crippen molar-refractivity contribution in [1.82, 2.24) is 5.32 Å². The second-order valence-electron chi connectivity index (χ2n) is 9.69. The summed E-state index contributed by atoms with van der Waals surface area (Å²) >= 11 is 0. The smallest absolute Gasteiger partial charge is 0.167 e. The summed E-state index contributed by atoms with van der Waals surface area (Å²) in [7, 11) is 0. The summed E-state index contributed by atoms with van der Waals surface area (Å²) in [5.74, 6) is 2.19. The van der Waals surface area contributed by atoms with Gasteiger partial charge in [0.15, 0.2) is 5.78 Å². The predicted molar refractivity (Wildman–Crippen MR) is 93.4 cm³/mol. The molecule has 2 aliphatic heterocycles. The van der Waals surface area contributed by atoms with Gasteiger partial charge in [0.2, 0.25) is 0 Å². The van der Waals surface area contributed by atoms with Gasteiger partial charge in [0.25, 0.3) is 0 Å². The molecule has 6 aliphatic rings. The number of fused-ring (bicyclic) bond motifs is 4. The minimum atomic E-state index is -0.506. The van der Waals surface area contributed by atoms with Gasteiger partial charge in [0.1, 0.15) is 0 Å². The Bertz CT molecular complexity index is 601. The number of hydrogen-bond acceptors (Lipinski definition) is 3. The number of aliphatic hydroxyl groups excluding tert-OH is 1. The summed E-state index contributed by atoms with van der Waals surface area (Å²) in [4.78, 5) is 13.3. The van der Waals surface area contributed by atoms with E-state index in [2.05, 4.69) is 18.8 Å². The molecule has 132 valence electrons. The predicted octanol–water partition coefficient (Wildman–Crippen LogP) is 3.08. The maximum absolute atomic E-state index is 13.3. The quantitative estimate of drug-likeness (QED) is 0.672. The molecule has 4 aliphatic carbocycles. The lowest BCUT2D eigenvalue weighted by atomic mass is 9.38. The van der Waals surface area contributed by atoms with Gasteiger partial charge in [-0.1, -0.05) is 19.9 Å². The zero-order chi connectivity index (χ0) is 16.7. The zero-order valence-corrected chi connectivity index (χ0v) is 14.9. The third-order valence-corrected chi connectivity index (χ3v) is 9.02. The van der Waals surface area contributed by atoms with Crippen molar-refractivity contribution >= 4 is 5.78 Å². The van der Waals surface area contributed by atoms with Crippen molar-refractivity contribution < 1.29 is 9.90 Å². The van der Waals surface area contributed by atoms with E-state index in [1.807, 2.05) is 0 Å². The highest BCUT2D eigenvalue weighted by atomic mass is 16.3. The van der Waals surface area contributed by atoms with Crippen LogP contribution in [0.3, 0.4) is 0 Å². The highest BCUT2D eigenvalue weighted by molar-refractivity contribution is 6.02. The number of rotatable bonds is 0.